The van der Waals surface area contributed by atoms with Crippen LogP contribution in [0.4, 0.5) is 0 Å². The fraction of sp³-hybridized carbons (Fsp3) is 0.830. The minimum atomic E-state index is -1.22. The monoisotopic (exact) mass is 1010 g/mol. The number of esters is 1. The predicted molar refractivity (Wildman–Crippen MR) is 270 cm³/mol. The zero-order valence-corrected chi connectivity index (χ0v) is 43.9. The molecule has 3 heterocycles. The predicted octanol–water partition coefficient (Wildman–Crippen LogP) is 7.56. The number of epoxide rings is 1. The molecular formula is C53H94N4O14. The summed E-state index contributed by atoms with van der Waals surface area (Å²) in [7, 11) is 0. The SMILES string of the molecule is CCCCCCCCCCCCOCC(C)(COCCCCCCN)COC/C(N)=C/NCC1ON(OC2OC(COC(=O)c3cc(OCCCCC)cc(OCCCCC)c3)C3OC23)OC(CO)C1O. The Kier molecular flexibility index (Phi) is 30.9. The molecule has 0 aliphatic carbocycles. The van der Waals surface area contributed by atoms with Gasteiger partial charge in [0.1, 0.15) is 54.7 Å². The second kappa shape index (κ2) is 36.2. The first kappa shape index (κ1) is 60.7. The van der Waals surface area contributed by atoms with E-state index in [-0.39, 0.29) is 31.3 Å². The van der Waals surface area contributed by atoms with E-state index in [1.165, 1.54) is 57.8 Å². The third-order valence-corrected chi connectivity index (χ3v) is 12.7. The Morgan fingerprint density at radius 2 is 1.24 bits per heavy atom. The van der Waals surface area contributed by atoms with E-state index in [1.807, 2.05) is 0 Å². The molecule has 410 valence electrons. The van der Waals surface area contributed by atoms with Crippen molar-refractivity contribution < 1.29 is 67.4 Å². The number of carbonyl (C=O) groups is 1. The van der Waals surface area contributed by atoms with Crippen LogP contribution in [0, 0.1) is 5.41 Å². The van der Waals surface area contributed by atoms with Crippen molar-refractivity contribution in [1.82, 2.24) is 10.7 Å². The van der Waals surface area contributed by atoms with Crippen molar-refractivity contribution in [3.05, 3.63) is 35.7 Å². The molecular weight excluding hydrogens is 917 g/mol. The first-order valence-corrected chi connectivity index (χ1v) is 27.2. The van der Waals surface area contributed by atoms with Crippen molar-refractivity contribution in [3.8, 4) is 11.5 Å². The third kappa shape index (κ3) is 24.4. The van der Waals surface area contributed by atoms with Gasteiger partial charge < -0.3 is 64.9 Å². The number of rotatable bonds is 44. The van der Waals surface area contributed by atoms with E-state index in [0.717, 1.165) is 76.0 Å². The number of ether oxygens (including phenoxy) is 8. The van der Waals surface area contributed by atoms with Crippen LogP contribution in [0.3, 0.4) is 0 Å². The van der Waals surface area contributed by atoms with E-state index in [2.05, 4.69) is 33.0 Å². The van der Waals surface area contributed by atoms with Gasteiger partial charge in [-0.05, 0) is 50.8 Å². The summed E-state index contributed by atoms with van der Waals surface area (Å²) in [4.78, 5) is 30.6. The van der Waals surface area contributed by atoms with Crippen molar-refractivity contribution in [3.63, 3.8) is 0 Å². The highest BCUT2D eigenvalue weighted by Gasteiger charge is 2.60. The average molecular weight is 1010 g/mol. The maximum absolute atomic E-state index is 13.3. The molecule has 1 aromatic rings. The number of nitrogens with one attached hydrogen (secondary N) is 1. The molecule has 18 heteroatoms. The maximum Gasteiger partial charge on any atom is 0.338 e. The Balaban J connectivity index is 1.20. The van der Waals surface area contributed by atoms with Crippen LogP contribution in [0.1, 0.15) is 166 Å². The summed E-state index contributed by atoms with van der Waals surface area (Å²) in [5.74, 6) is 0.521. The van der Waals surface area contributed by atoms with Crippen molar-refractivity contribution in [2.24, 2.45) is 16.9 Å². The zero-order chi connectivity index (χ0) is 50.9. The smallest absolute Gasteiger partial charge is 0.338 e. The first-order valence-electron chi connectivity index (χ1n) is 27.2. The molecule has 0 radical (unpaired) electrons. The molecule has 1 aromatic carbocycles. The fourth-order valence-corrected chi connectivity index (χ4v) is 8.34. The minimum absolute atomic E-state index is 0.0777. The lowest BCUT2D eigenvalue weighted by molar-refractivity contribution is -0.597. The summed E-state index contributed by atoms with van der Waals surface area (Å²) >= 11 is 0. The van der Waals surface area contributed by atoms with Crippen LogP contribution in [0.2, 0.25) is 0 Å². The Labute approximate surface area is 425 Å². The average Bonchev–Trinajstić information content (AvgIpc) is 4.10. The van der Waals surface area contributed by atoms with Crippen LogP contribution in [0.15, 0.2) is 30.1 Å². The van der Waals surface area contributed by atoms with Gasteiger partial charge in [-0.2, -0.15) is 0 Å². The molecule has 0 aromatic heterocycles. The highest BCUT2D eigenvalue weighted by molar-refractivity contribution is 5.90. The molecule has 4 rings (SSSR count). The zero-order valence-electron chi connectivity index (χ0n) is 43.9. The standard InChI is InChI=1S/C53H94N4O14/c1-5-8-11-12-13-14-15-16-18-23-26-61-38-53(4,39-62-27-24-19-17-20-25-54)40-63-36-42(55)33-56-34-45-48(59)46(35-58)70-57(69-45)71-52-50-49(68-50)47(67-52)37-66-51(60)41-30-43(64-28-21-9-6-2)32-44(31-41)65-29-22-10-7-3/h30-33,45-50,52,56,58-59H,5-29,34-40,54-55H2,1-4H3/b42-33-. The van der Waals surface area contributed by atoms with Gasteiger partial charge in [-0.3, -0.25) is 0 Å². The van der Waals surface area contributed by atoms with Gasteiger partial charge in [-0.1, -0.05) is 124 Å². The number of unbranched alkanes of at least 4 members (excludes halogenated alkanes) is 16. The van der Waals surface area contributed by atoms with Crippen LogP contribution >= 0.6 is 0 Å². The maximum atomic E-state index is 13.3. The Morgan fingerprint density at radius 3 is 1.83 bits per heavy atom. The van der Waals surface area contributed by atoms with Crippen LogP contribution in [-0.2, 0) is 42.9 Å². The molecule has 3 saturated heterocycles. The number of aliphatic hydroxyl groups excluding tert-OH is 2. The first-order chi connectivity index (χ1) is 34.6. The summed E-state index contributed by atoms with van der Waals surface area (Å²) in [6.45, 7) is 12.8. The van der Waals surface area contributed by atoms with Crippen molar-refractivity contribution in [2.75, 3.05) is 79.2 Å². The second-order valence-electron chi connectivity index (χ2n) is 19.7. The number of benzene rings is 1. The van der Waals surface area contributed by atoms with Gasteiger partial charge in [0.15, 0.2) is 0 Å². The summed E-state index contributed by atoms with van der Waals surface area (Å²) in [5, 5.41) is 24.8. The third-order valence-electron chi connectivity index (χ3n) is 12.7. The van der Waals surface area contributed by atoms with Crippen LogP contribution in [-0.4, -0.2) is 144 Å². The number of hydrogen-bond acceptors (Lipinski definition) is 18. The highest BCUT2D eigenvalue weighted by atomic mass is 17.2. The molecule has 3 aliphatic heterocycles. The lowest BCUT2D eigenvalue weighted by Gasteiger charge is -2.38. The van der Waals surface area contributed by atoms with Gasteiger partial charge in [-0.15, -0.1) is 0 Å². The number of hydrogen-bond donors (Lipinski definition) is 5. The van der Waals surface area contributed by atoms with E-state index in [1.54, 1.807) is 24.4 Å². The summed E-state index contributed by atoms with van der Waals surface area (Å²) in [6, 6.07) is 5.11. The Hall–Kier alpha value is -2.85. The molecule has 0 saturated carbocycles. The number of fused-ring (bicyclic) bond motifs is 1. The molecule has 8 unspecified atom stereocenters. The van der Waals surface area contributed by atoms with Crippen molar-refractivity contribution >= 4 is 5.97 Å². The Morgan fingerprint density at radius 1 is 0.704 bits per heavy atom. The number of carbonyl (C=O) groups excluding carboxylic acids is 1. The number of nitrogens with two attached hydrogens (primary N) is 2. The van der Waals surface area contributed by atoms with Gasteiger partial charge in [-0.25, -0.2) is 19.3 Å². The molecule has 0 amide bonds. The molecule has 0 spiro atoms. The van der Waals surface area contributed by atoms with Crippen molar-refractivity contribution in [2.45, 2.75) is 199 Å². The molecule has 7 N–H and O–H groups in total. The number of nitrogens with zero attached hydrogens (tertiary/aromatic N) is 1. The molecule has 3 aliphatic rings. The van der Waals surface area contributed by atoms with E-state index in [9.17, 15) is 15.0 Å². The van der Waals surface area contributed by atoms with Crippen molar-refractivity contribution in [1.29, 1.82) is 0 Å². The van der Waals surface area contributed by atoms with Gasteiger partial charge in [0.2, 0.25) is 6.29 Å². The normalized spacial score (nSPS) is 23.1. The molecule has 8 atom stereocenters. The second-order valence-corrected chi connectivity index (χ2v) is 19.7. The fourth-order valence-electron chi connectivity index (χ4n) is 8.34. The van der Waals surface area contributed by atoms with E-state index in [0.29, 0.717) is 75.6 Å². The molecule has 18 nitrogen and oxygen atoms in total. The summed E-state index contributed by atoms with van der Waals surface area (Å²) in [6.07, 6.45) is 18.9. The van der Waals surface area contributed by atoms with E-state index < -0.39 is 49.4 Å². The summed E-state index contributed by atoms with van der Waals surface area (Å²) < 4.78 is 47.8. The van der Waals surface area contributed by atoms with Crippen LogP contribution in [0.25, 0.3) is 0 Å². The van der Waals surface area contributed by atoms with Gasteiger partial charge in [0, 0.05) is 37.4 Å². The minimum Gasteiger partial charge on any atom is -0.493 e. The molecule has 3 fully saturated rings. The molecule has 0 bridgehead atoms. The quantitative estimate of drug-likeness (QED) is 0.0241. The van der Waals surface area contributed by atoms with Crippen LogP contribution < -0.4 is 26.3 Å². The lowest BCUT2D eigenvalue weighted by atomic mass is 9.94. The van der Waals surface area contributed by atoms with Gasteiger partial charge in [0.25, 0.3) is 0 Å². The Bertz CT molecular complexity index is 1550. The van der Waals surface area contributed by atoms with Crippen LogP contribution in [0.5, 0.6) is 11.5 Å². The molecule has 71 heavy (non-hydrogen) atoms. The van der Waals surface area contributed by atoms with Gasteiger partial charge >= 0.3 is 5.97 Å². The summed E-state index contributed by atoms with van der Waals surface area (Å²) in [5.41, 5.74) is 12.4. The largest absolute Gasteiger partial charge is 0.493 e. The number of aliphatic hydroxyl groups is 2. The lowest BCUT2D eigenvalue weighted by Crippen LogP contribution is -2.57. The topological polar surface area (TPSA) is 230 Å². The van der Waals surface area contributed by atoms with E-state index in [4.69, 9.17) is 63.9 Å². The highest BCUT2D eigenvalue weighted by Crippen LogP contribution is 2.41. The van der Waals surface area contributed by atoms with Gasteiger partial charge in [0.05, 0.1) is 62.9 Å². The van der Waals surface area contributed by atoms with E-state index >= 15 is 0 Å².